The topological polar surface area (TPSA) is 108 Å². The van der Waals surface area contributed by atoms with Crippen LogP contribution in [0.15, 0.2) is 29.4 Å². The molecule has 3 rings (SSSR count). The second kappa shape index (κ2) is 7.35. The van der Waals surface area contributed by atoms with Gasteiger partial charge in [-0.2, -0.15) is 40.5 Å². The molecule has 0 amide bonds. The number of halogens is 4. The zero-order valence-electron chi connectivity index (χ0n) is 14.9. The van der Waals surface area contributed by atoms with Crippen molar-refractivity contribution in [1.29, 1.82) is 0 Å². The van der Waals surface area contributed by atoms with Gasteiger partial charge in [0.2, 0.25) is 5.95 Å². The van der Waals surface area contributed by atoms with E-state index >= 15 is 0 Å². The minimum absolute atomic E-state index is 0.0713. The van der Waals surface area contributed by atoms with Crippen molar-refractivity contribution in [1.82, 2.24) is 19.6 Å². The molecule has 29 heavy (non-hydrogen) atoms. The van der Waals surface area contributed by atoms with Crippen LogP contribution in [0, 0.1) is 5.95 Å². The molecule has 1 aromatic carbocycles. The van der Waals surface area contributed by atoms with Gasteiger partial charge in [-0.3, -0.25) is 4.72 Å². The fourth-order valence-corrected chi connectivity index (χ4v) is 3.35. The number of para-hydroxylation sites is 1. The Hall–Kier alpha value is -3.16. The highest BCUT2D eigenvalue weighted by molar-refractivity contribution is 7.92. The van der Waals surface area contributed by atoms with Crippen LogP contribution in [-0.4, -0.2) is 41.7 Å². The molecule has 0 bridgehead atoms. The average molecular weight is 435 g/mol. The Morgan fingerprint density at radius 1 is 1.24 bits per heavy atom. The lowest BCUT2D eigenvalue weighted by molar-refractivity contribution is -0.137. The molecule has 0 aliphatic heterocycles. The first-order valence-electron chi connectivity index (χ1n) is 7.90. The van der Waals surface area contributed by atoms with Gasteiger partial charge in [0.25, 0.3) is 15.2 Å². The van der Waals surface area contributed by atoms with Gasteiger partial charge in [-0.25, -0.2) is 0 Å². The predicted molar refractivity (Wildman–Crippen MR) is 90.7 cm³/mol. The lowest BCUT2D eigenvalue weighted by Gasteiger charge is -2.16. The first-order chi connectivity index (χ1) is 13.6. The number of sulfonamides is 1. The summed E-state index contributed by atoms with van der Waals surface area (Å²) < 4.78 is 91.3. The number of methoxy groups -OCH3 is 1. The number of alkyl halides is 3. The summed E-state index contributed by atoms with van der Waals surface area (Å²) >= 11 is 0. The van der Waals surface area contributed by atoms with Crippen LogP contribution in [-0.2, 0) is 16.2 Å². The summed E-state index contributed by atoms with van der Waals surface area (Å²) in [6, 6.07) is 3.31. The van der Waals surface area contributed by atoms with Gasteiger partial charge in [0, 0.05) is 6.07 Å². The van der Waals surface area contributed by atoms with Crippen molar-refractivity contribution in [3.63, 3.8) is 0 Å². The molecule has 0 spiro atoms. The van der Waals surface area contributed by atoms with E-state index in [2.05, 4.69) is 15.1 Å². The van der Waals surface area contributed by atoms with Crippen LogP contribution in [0.5, 0.6) is 11.8 Å². The van der Waals surface area contributed by atoms with Gasteiger partial charge in [0.05, 0.1) is 19.3 Å². The van der Waals surface area contributed by atoms with Gasteiger partial charge in [0.15, 0.2) is 5.65 Å². The quantitative estimate of drug-likeness (QED) is 0.468. The number of benzene rings is 1. The molecule has 0 aliphatic rings. The Bertz CT molecular complexity index is 1160. The summed E-state index contributed by atoms with van der Waals surface area (Å²) in [5, 5.41) is 2.75. The third-order valence-electron chi connectivity index (χ3n) is 3.55. The largest absolute Gasteiger partial charge is 0.495 e. The van der Waals surface area contributed by atoms with Gasteiger partial charge in [-0.1, -0.05) is 6.07 Å². The summed E-state index contributed by atoms with van der Waals surface area (Å²) in [6.45, 7) is 1.65. The number of hydrogen-bond acceptors (Lipinski definition) is 7. The van der Waals surface area contributed by atoms with Crippen molar-refractivity contribution in [3.8, 4) is 11.8 Å². The summed E-state index contributed by atoms with van der Waals surface area (Å²) in [7, 11) is -3.63. The van der Waals surface area contributed by atoms with Crippen molar-refractivity contribution in [3.05, 3.63) is 35.8 Å². The number of rotatable bonds is 6. The summed E-state index contributed by atoms with van der Waals surface area (Å²) in [5.41, 5.74) is -2.38. The van der Waals surface area contributed by atoms with E-state index in [0.717, 1.165) is 29.8 Å². The summed E-state index contributed by atoms with van der Waals surface area (Å²) in [6.07, 6.45) is -4.87. The molecule has 9 nitrogen and oxygen atoms in total. The molecule has 0 unspecified atom stereocenters. The lowest BCUT2D eigenvalue weighted by atomic mass is 10.1. The number of ether oxygens (including phenoxy) is 2. The van der Waals surface area contributed by atoms with Crippen molar-refractivity contribution in [2.45, 2.75) is 18.3 Å². The Labute approximate surface area is 161 Å². The van der Waals surface area contributed by atoms with Crippen molar-refractivity contribution >= 4 is 21.4 Å². The fraction of sp³-hybridized carbons (Fsp3) is 0.267. The van der Waals surface area contributed by atoms with Crippen LogP contribution in [0.2, 0.25) is 0 Å². The number of nitrogens with one attached hydrogen (secondary N) is 1. The standard InChI is InChI=1S/C15H13F4N5O4S/c1-3-28-14-20-10(16)7-11-21-13(22-24(11)14)29(25,26)23-12-8(15(17,18)19)5-4-6-9(12)27-2/h4-7,23H,3H2,1-2H3. The molecule has 0 saturated heterocycles. The molecule has 0 radical (unpaired) electrons. The Morgan fingerprint density at radius 3 is 2.59 bits per heavy atom. The van der Waals surface area contributed by atoms with Crippen LogP contribution in [0.4, 0.5) is 23.2 Å². The van der Waals surface area contributed by atoms with E-state index in [9.17, 15) is 26.0 Å². The molecule has 0 aliphatic carbocycles. The Kier molecular flexibility index (Phi) is 5.21. The third-order valence-corrected chi connectivity index (χ3v) is 4.67. The highest BCUT2D eigenvalue weighted by Crippen LogP contribution is 2.40. The molecular weight excluding hydrogens is 422 g/mol. The van der Waals surface area contributed by atoms with E-state index in [1.54, 1.807) is 11.6 Å². The van der Waals surface area contributed by atoms with Crippen molar-refractivity contribution in [2.75, 3.05) is 18.4 Å². The number of hydrogen-bond donors (Lipinski definition) is 1. The SMILES string of the molecule is CCOc1nc(F)cc2nc(S(=O)(=O)Nc3c(OC)cccc3C(F)(F)F)nn12. The first-order valence-corrected chi connectivity index (χ1v) is 9.38. The number of nitrogens with zero attached hydrogens (tertiary/aromatic N) is 4. The predicted octanol–water partition coefficient (Wildman–Crippen LogP) is 2.49. The highest BCUT2D eigenvalue weighted by atomic mass is 32.2. The molecule has 14 heteroatoms. The van der Waals surface area contributed by atoms with Gasteiger partial charge in [-0.05, 0) is 19.1 Å². The molecule has 156 valence electrons. The molecular formula is C15H13F4N5O4S. The van der Waals surface area contributed by atoms with E-state index in [1.807, 2.05) is 0 Å². The number of anilines is 1. The molecule has 1 N–H and O–H groups in total. The number of aromatic nitrogens is 4. The van der Waals surface area contributed by atoms with Crippen LogP contribution in [0.3, 0.4) is 0 Å². The second-order valence-electron chi connectivity index (χ2n) is 5.44. The second-order valence-corrected chi connectivity index (χ2v) is 7.02. The van der Waals surface area contributed by atoms with Crippen LogP contribution in [0.25, 0.3) is 5.65 Å². The van der Waals surface area contributed by atoms with E-state index in [1.165, 1.54) is 0 Å². The maximum absolute atomic E-state index is 13.6. The first kappa shape index (κ1) is 20.6. The zero-order valence-corrected chi connectivity index (χ0v) is 15.7. The third kappa shape index (κ3) is 4.01. The van der Waals surface area contributed by atoms with Gasteiger partial charge in [0.1, 0.15) is 11.4 Å². The molecule has 2 aromatic heterocycles. The van der Waals surface area contributed by atoms with E-state index < -0.39 is 38.6 Å². The maximum Gasteiger partial charge on any atom is 0.418 e. The van der Waals surface area contributed by atoms with Crippen LogP contribution >= 0.6 is 0 Å². The smallest absolute Gasteiger partial charge is 0.418 e. The maximum atomic E-state index is 13.6. The van der Waals surface area contributed by atoms with E-state index in [-0.39, 0.29) is 24.0 Å². The average Bonchev–Trinajstić information content (AvgIpc) is 3.06. The molecule has 3 aromatic rings. The summed E-state index contributed by atoms with van der Waals surface area (Å²) in [5.74, 6) is -1.37. The molecule has 0 fully saturated rings. The fourth-order valence-electron chi connectivity index (χ4n) is 2.38. The van der Waals surface area contributed by atoms with Gasteiger partial charge < -0.3 is 9.47 Å². The van der Waals surface area contributed by atoms with Crippen LogP contribution in [0.1, 0.15) is 12.5 Å². The number of fused-ring (bicyclic) bond motifs is 1. The minimum Gasteiger partial charge on any atom is -0.495 e. The molecule has 2 heterocycles. The minimum atomic E-state index is -4.87. The molecule has 0 atom stereocenters. The Balaban J connectivity index is 2.11. The van der Waals surface area contributed by atoms with E-state index in [0.29, 0.717) is 6.07 Å². The monoisotopic (exact) mass is 435 g/mol. The Morgan fingerprint density at radius 2 is 1.97 bits per heavy atom. The summed E-state index contributed by atoms with van der Waals surface area (Å²) in [4.78, 5) is 7.08. The van der Waals surface area contributed by atoms with Crippen molar-refractivity contribution < 1.29 is 35.5 Å². The molecule has 0 saturated carbocycles. The highest BCUT2D eigenvalue weighted by Gasteiger charge is 2.37. The lowest BCUT2D eigenvalue weighted by Crippen LogP contribution is -2.19. The van der Waals surface area contributed by atoms with E-state index in [4.69, 9.17) is 9.47 Å². The zero-order chi connectivity index (χ0) is 21.4. The van der Waals surface area contributed by atoms with Crippen LogP contribution < -0.4 is 14.2 Å². The van der Waals surface area contributed by atoms with Gasteiger partial charge in [-0.15, -0.1) is 5.10 Å². The van der Waals surface area contributed by atoms with Gasteiger partial charge >= 0.3 is 12.2 Å². The van der Waals surface area contributed by atoms with Crippen molar-refractivity contribution in [2.24, 2.45) is 0 Å². The normalized spacial score (nSPS) is 12.2.